The van der Waals surface area contributed by atoms with Crippen LogP contribution in [0.5, 0.6) is 5.75 Å². The van der Waals surface area contributed by atoms with Gasteiger partial charge in [0.2, 0.25) is 0 Å². The largest absolute Gasteiger partial charge is 0.490 e. The van der Waals surface area contributed by atoms with Crippen molar-refractivity contribution in [1.29, 1.82) is 0 Å². The summed E-state index contributed by atoms with van der Waals surface area (Å²) in [6.45, 7) is 3.33. The molecule has 1 atom stereocenters. The molecular formula is C17H17NO5. The highest BCUT2D eigenvalue weighted by molar-refractivity contribution is 5.87. The molecule has 1 fully saturated rings. The fourth-order valence-electron chi connectivity index (χ4n) is 1.94. The van der Waals surface area contributed by atoms with Gasteiger partial charge in [0.25, 0.3) is 0 Å². The molecule has 1 aromatic carbocycles. The number of hydrogen-bond acceptors (Lipinski definition) is 6. The molecule has 1 saturated heterocycles. The van der Waals surface area contributed by atoms with Crippen molar-refractivity contribution in [1.82, 2.24) is 5.16 Å². The van der Waals surface area contributed by atoms with Crippen molar-refractivity contribution in [3.05, 3.63) is 47.3 Å². The van der Waals surface area contributed by atoms with Gasteiger partial charge in [0, 0.05) is 11.6 Å². The fourth-order valence-corrected chi connectivity index (χ4v) is 1.94. The molecule has 23 heavy (non-hydrogen) atoms. The summed E-state index contributed by atoms with van der Waals surface area (Å²) < 4.78 is 20.8. The highest BCUT2D eigenvalue weighted by Crippen LogP contribution is 2.22. The van der Waals surface area contributed by atoms with E-state index >= 15 is 0 Å². The van der Waals surface area contributed by atoms with E-state index in [2.05, 4.69) is 5.16 Å². The summed E-state index contributed by atoms with van der Waals surface area (Å²) in [5, 5.41) is 3.69. The van der Waals surface area contributed by atoms with E-state index in [1.54, 1.807) is 13.0 Å². The van der Waals surface area contributed by atoms with Crippen LogP contribution in [0.1, 0.15) is 28.7 Å². The van der Waals surface area contributed by atoms with Gasteiger partial charge in [0.1, 0.15) is 18.5 Å². The van der Waals surface area contributed by atoms with Gasteiger partial charge >= 0.3 is 5.97 Å². The first-order valence-electron chi connectivity index (χ1n) is 7.41. The number of carbonyl (C=O) groups excluding carboxylic acids is 1. The molecule has 120 valence electrons. The predicted octanol–water partition coefficient (Wildman–Crippen LogP) is 2.80. The number of rotatable bonds is 7. The average molecular weight is 315 g/mol. The van der Waals surface area contributed by atoms with E-state index in [4.69, 9.17) is 18.7 Å². The third-order valence-electron chi connectivity index (χ3n) is 3.19. The molecule has 0 N–H and O–H groups in total. The fraction of sp³-hybridized carbons (Fsp3) is 0.294. The zero-order valence-electron chi connectivity index (χ0n) is 12.7. The van der Waals surface area contributed by atoms with Crippen molar-refractivity contribution < 1.29 is 23.5 Å². The third kappa shape index (κ3) is 4.20. The SMILES string of the molecule is CCOC(=O)c1cc(C=Cc2ccccc2OCC2CO2)on1. The summed E-state index contributed by atoms with van der Waals surface area (Å²) in [6, 6.07) is 9.20. The molecule has 6 heteroatoms. The Morgan fingerprint density at radius 3 is 3.00 bits per heavy atom. The van der Waals surface area contributed by atoms with Gasteiger partial charge < -0.3 is 18.7 Å². The number of carbonyl (C=O) groups is 1. The molecule has 2 heterocycles. The first kappa shape index (κ1) is 15.3. The van der Waals surface area contributed by atoms with Crippen LogP contribution < -0.4 is 4.74 Å². The van der Waals surface area contributed by atoms with Crippen molar-refractivity contribution in [3.63, 3.8) is 0 Å². The minimum atomic E-state index is -0.496. The topological polar surface area (TPSA) is 74.1 Å². The van der Waals surface area contributed by atoms with Gasteiger partial charge in [-0.05, 0) is 25.1 Å². The van der Waals surface area contributed by atoms with E-state index in [1.165, 1.54) is 6.07 Å². The van der Waals surface area contributed by atoms with Crippen LogP contribution in [-0.2, 0) is 9.47 Å². The van der Waals surface area contributed by atoms with Crippen LogP contribution in [0, 0.1) is 0 Å². The molecule has 0 spiro atoms. The number of ether oxygens (including phenoxy) is 3. The van der Waals surface area contributed by atoms with Crippen LogP contribution in [0.25, 0.3) is 12.2 Å². The molecule has 2 aromatic rings. The minimum Gasteiger partial charge on any atom is -0.490 e. The molecule has 1 aliphatic heterocycles. The monoisotopic (exact) mass is 315 g/mol. The van der Waals surface area contributed by atoms with Gasteiger partial charge in [-0.25, -0.2) is 4.79 Å². The van der Waals surface area contributed by atoms with Crippen LogP contribution in [0.3, 0.4) is 0 Å². The van der Waals surface area contributed by atoms with Crippen LogP contribution in [-0.4, -0.2) is 37.1 Å². The third-order valence-corrected chi connectivity index (χ3v) is 3.19. The lowest BCUT2D eigenvalue weighted by Crippen LogP contribution is -2.04. The van der Waals surface area contributed by atoms with Gasteiger partial charge in [-0.2, -0.15) is 0 Å². The van der Waals surface area contributed by atoms with Crippen molar-refractivity contribution in [2.45, 2.75) is 13.0 Å². The molecule has 3 rings (SSSR count). The second kappa shape index (κ2) is 7.11. The van der Waals surface area contributed by atoms with Crippen LogP contribution in [0.4, 0.5) is 0 Å². The first-order chi connectivity index (χ1) is 11.3. The van der Waals surface area contributed by atoms with E-state index < -0.39 is 5.97 Å². The van der Waals surface area contributed by atoms with E-state index in [1.807, 2.05) is 30.3 Å². The van der Waals surface area contributed by atoms with Gasteiger partial charge in [-0.1, -0.05) is 23.4 Å². The second-order valence-electron chi connectivity index (χ2n) is 4.97. The minimum absolute atomic E-state index is 0.155. The number of nitrogens with zero attached hydrogens (tertiary/aromatic N) is 1. The molecule has 0 amide bonds. The zero-order valence-corrected chi connectivity index (χ0v) is 12.7. The normalized spacial score (nSPS) is 16.5. The lowest BCUT2D eigenvalue weighted by Gasteiger charge is -2.07. The molecule has 6 nitrogen and oxygen atoms in total. The Labute approximate surface area is 133 Å². The van der Waals surface area contributed by atoms with E-state index in [-0.39, 0.29) is 11.8 Å². The molecule has 1 unspecified atom stereocenters. The van der Waals surface area contributed by atoms with Gasteiger partial charge in [0.15, 0.2) is 11.5 Å². The Bertz CT molecular complexity index is 703. The van der Waals surface area contributed by atoms with Crippen LogP contribution in [0.2, 0.25) is 0 Å². The summed E-state index contributed by atoms with van der Waals surface area (Å²) in [6.07, 6.45) is 3.78. The lowest BCUT2D eigenvalue weighted by molar-refractivity contribution is 0.0514. The van der Waals surface area contributed by atoms with Crippen molar-refractivity contribution in [2.75, 3.05) is 19.8 Å². The Balaban J connectivity index is 1.68. The standard InChI is InChI=1S/C17H17NO5/c1-2-20-17(19)15-9-13(23-18-15)8-7-12-5-3-4-6-16(12)22-11-14-10-21-14/h3-9,14H,2,10-11H2,1H3. The predicted molar refractivity (Wildman–Crippen MR) is 83.1 cm³/mol. The smallest absolute Gasteiger partial charge is 0.360 e. The number of aromatic nitrogens is 1. The highest BCUT2D eigenvalue weighted by Gasteiger charge is 2.23. The first-order valence-corrected chi connectivity index (χ1v) is 7.41. The van der Waals surface area contributed by atoms with Crippen molar-refractivity contribution in [2.24, 2.45) is 0 Å². The molecule has 0 aliphatic carbocycles. The van der Waals surface area contributed by atoms with Crippen LogP contribution in [0.15, 0.2) is 34.9 Å². The summed E-state index contributed by atoms with van der Waals surface area (Å²) in [4.78, 5) is 11.5. The van der Waals surface area contributed by atoms with E-state index in [9.17, 15) is 4.79 Å². The number of esters is 1. The summed E-state index contributed by atoms with van der Waals surface area (Å²) >= 11 is 0. The maximum absolute atomic E-state index is 11.5. The molecule has 1 aliphatic rings. The number of benzene rings is 1. The summed E-state index contributed by atoms with van der Waals surface area (Å²) in [5.41, 5.74) is 1.06. The quantitative estimate of drug-likeness (QED) is 0.578. The van der Waals surface area contributed by atoms with Crippen LogP contribution >= 0.6 is 0 Å². The zero-order chi connectivity index (χ0) is 16.1. The molecule has 0 radical (unpaired) electrons. The molecular weight excluding hydrogens is 298 g/mol. The van der Waals surface area contributed by atoms with Crippen molar-refractivity contribution >= 4 is 18.1 Å². The highest BCUT2D eigenvalue weighted by atomic mass is 16.6. The maximum Gasteiger partial charge on any atom is 0.360 e. The Morgan fingerprint density at radius 2 is 2.22 bits per heavy atom. The lowest BCUT2D eigenvalue weighted by atomic mass is 10.2. The molecule has 0 bridgehead atoms. The summed E-state index contributed by atoms with van der Waals surface area (Å²) in [5.74, 6) is 0.738. The van der Waals surface area contributed by atoms with Gasteiger partial charge in [-0.15, -0.1) is 0 Å². The van der Waals surface area contributed by atoms with E-state index in [0.717, 1.165) is 17.9 Å². The van der Waals surface area contributed by atoms with E-state index in [0.29, 0.717) is 19.0 Å². The molecule has 1 aromatic heterocycles. The second-order valence-corrected chi connectivity index (χ2v) is 4.97. The van der Waals surface area contributed by atoms with Gasteiger partial charge in [-0.3, -0.25) is 0 Å². The van der Waals surface area contributed by atoms with Gasteiger partial charge in [0.05, 0.1) is 13.2 Å². The summed E-state index contributed by atoms with van der Waals surface area (Å²) in [7, 11) is 0. The van der Waals surface area contributed by atoms with Crippen molar-refractivity contribution in [3.8, 4) is 5.75 Å². The molecule has 0 saturated carbocycles. The number of hydrogen-bond donors (Lipinski definition) is 0. The Morgan fingerprint density at radius 1 is 1.39 bits per heavy atom. The maximum atomic E-state index is 11.5. The number of epoxide rings is 1. The average Bonchev–Trinajstić information content (AvgIpc) is 3.27. The number of para-hydroxylation sites is 1. The Kier molecular flexibility index (Phi) is 4.73. The Hall–Kier alpha value is -2.60.